The second kappa shape index (κ2) is 4.63. The molecule has 0 fully saturated rings. The van der Waals surface area contributed by atoms with Gasteiger partial charge in [0, 0.05) is 0 Å². The van der Waals surface area contributed by atoms with Crippen LogP contribution in [0.3, 0.4) is 0 Å². The maximum absolute atomic E-state index is 8.62. The lowest BCUT2D eigenvalue weighted by atomic mass is 9.59. The van der Waals surface area contributed by atoms with Crippen LogP contribution in [0.5, 0.6) is 0 Å². The zero-order valence-corrected chi connectivity index (χ0v) is 12.5. The van der Waals surface area contributed by atoms with Gasteiger partial charge in [-0.1, -0.05) is 67.1 Å². The Morgan fingerprint density at radius 2 is 1.53 bits per heavy atom. The van der Waals surface area contributed by atoms with Crippen molar-refractivity contribution in [2.75, 3.05) is 6.54 Å². The highest BCUT2D eigenvalue weighted by Gasteiger charge is 2.56. The monoisotopic (exact) mass is 264 g/mol. The van der Waals surface area contributed by atoms with E-state index in [9.17, 15) is 0 Å². The van der Waals surface area contributed by atoms with Crippen LogP contribution in [0.4, 0.5) is 0 Å². The van der Waals surface area contributed by atoms with Crippen molar-refractivity contribution in [3.63, 3.8) is 0 Å². The predicted octanol–water partition coefficient (Wildman–Crippen LogP) is 4.42. The maximum Gasteiger partial charge on any atom is 0.0629 e. The fourth-order valence-electron chi connectivity index (χ4n) is 3.06. The molecule has 1 aliphatic rings. The average molecular weight is 264 g/mol. The Kier molecular flexibility index (Phi) is 2.91. The highest BCUT2D eigenvalue weighted by atomic mass is 14.6. The van der Waals surface area contributed by atoms with Gasteiger partial charge in [0.2, 0.25) is 0 Å². The molecular weight excluding hydrogens is 230 g/mol. The standard InChI is InChI=1S/C17H27N.CH4/c1-15(2)13-8-7-12(9-10-18)11-14(13)16(3,4)17(15,5)6;/h7-8,11H,9-10,18H2,1-6H3;1H4/i7D,8D,11D;. The molecular formula is C18H31N. The summed E-state index contributed by atoms with van der Waals surface area (Å²) < 4.78 is 25.4. The van der Waals surface area contributed by atoms with Gasteiger partial charge in [-0.05, 0) is 45.9 Å². The molecule has 0 bridgehead atoms. The summed E-state index contributed by atoms with van der Waals surface area (Å²) >= 11 is 0. The molecule has 0 heterocycles. The van der Waals surface area contributed by atoms with Crippen molar-refractivity contribution in [2.45, 2.75) is 66.2 Å². The third-order valence-electron chi connectivity index (χ3n) is 5.63. The zero-order valence-electron chi connectivity index (χ0n) is 15.5. The number of rotatable bonds is 2. The minimum absolute atomic E-state index is 0. The summed E-state index contributed by atoms with van der Waals surface area (Å²) in [7, 11) is 0. The summed E-state index contributed by atoms with van der Waals surface area (Å²) in [5.41, 5.74) is 7.55. The molecule has 0 saturated heterocycles. The van der Waals surface area contributed by atoms with Crippen molar-refractivity contribution in [1.82, 2.24) is 0 Å². The molecule has 0 aliphatic heterocycles. The molecule has 1 heteroatoms. The lowest BCUT2D eigenvalue weighted by molar-refractivity contribution is 0.125. The highest BCUT2D eigenvalue weighted by Crippen LogP contribution is 2.61. The van der Waals surface area contributed by atoms with Gasteiger partial charge in [0.05, 0.1) is 4.11 Å². The lowest BCUT2D eigenvalue weighted by Crippen LogP contribution is -2.42. The molecule has 0 saturated carbocycles. The Balaban J connectivity index is 0.00000242. The molecule has 1 nitrogen and oxygen atoms in total. The van der Waals surface area contributed by atoms with Crippen LogP contribution in [-0.2, 0) is 17.3 Å². The number of fused-ring (bicyclic) bond motifs is 1. The smallest absolute Gasteiger partial charge is 0.0629 e. The molecule has 1 aromatic carbocycles. The molecule has 0 spiro atoms. The van der Waals surface area contributed by atoms with E-state index in [2.05, 4.69) is 41.5 Å². The minimum Gasteiger partial charge on any atom is -0.330 e. The summed E-state index contributed by atoms with van der Waals surface area (Å²) in [6.45, 7) is 13.4. The van der Waals surface area contributed by atoms with E-state index in [1.165, 1.54) is 0 Å². The third-order valence-corrected chi connectivity index (χ3v) is 5.63. The summed E-state index contributed by atoms with van der Waals surface area (Å²) in [5, 5.41) is 0. The third kappa shape index (κ3) is 1.94. The fraction of sp³-hybridized carbons (Fsp3) is 0.667. The summed E-state index contributed by atoms with van der Waals surface area (Å²) in [4.78, 5) is 0. The van der Waals surface area contributed by atoms with Gasteiger partial charge in [-0.25, -0.2) is 0 Å². The Labute approximate surface area is 123 Å². The van der Waals surface area contributed by atoms with Gasteiger partial charge in [-0.3, -0.25) is 0 Å². The van der Waals surface area contributed by atoms with Crippen molar-refractivity contribution in [2.24, 2.45) is 11.1 Å². The van der Waals surface area contributed by atoms with E-state index >= 15 is 0 Å². The normalized spacial score (nSPS) is 23.8. The molecule has 1 aromatic rings. The van der Waals surface area contributed by atoms with Gasteiger partial charge >= 0.3 is 0 Å². The zero-order chi connectivity index (χ0) is 16.4. The summed E-state index contributed by atoms with van der Waals surface area (Å²) in [6.07, 6.45) is 0.494. The highest BCUT2D eigenvalue weighted by molar-refractivity contribution is 5.50. The Morgan fingerprint density at radius 1 is 1.00 bits per heavy atom. The summed E-state index contributed by atoms with van der Waals surface area (Å²) in [5.74, 6) is 0. The molecule has 2 N–H and O–H groups in total. The van der Waals surface area contributed by atoms with Gasteiger partial charge in [0.15, 0.2) is 0 Å². The number of benzene rings is 1. The van der Waals surface area contributed by atoms with Crippen LogP contribution in [-0.4, -0.2) is 6.54 Å². The molecule has 0 amide bonds. The van der Waals surface area contributed by atoms with Crippen molar-refractivity contribution in [1.29, 1.82) is 0 Å². The predicted molar refractivity (Wildman–Crippen MR) is 85.8 cm³/mol. The van der Waals surface area contributed by atoms with Crippen LogP contribution in [0.15, 0.2) is 18.1 Å². The van der Waals surface area contributed by atoms with E-state index in [4.69, 9.17) is 9.85 Å². The maximum atomic E-state index is 8.62. The van der Waals surface area contributed by atoms with Crippen LogP contribution in [0.25, 0.3) is 0 Å². The first kappa shape index (κ1) is 12.0. The Bertz CT molecular complexity index is 601. The SMILES string of the molecule is C.[2H]c1c([2H])c2c(c([2H])c1CCN)C(C)(C)C(C)(C)C2(C)C. The van der Waals surface area contributed by atoms with E-state index < -0.39 is 0 Å². The molecule has 0 radical (unpaired) electrons. The molecule has 108 valence electrons. The first-order valence-electron chi connectivity index (χ1n) is 8.26. The van der Waals surface area contributed by atoms with Crippen molar-refractivity contribution >= 4 is 0 Å². The second-order valence-electron chi connectivity index (χ2n) is 7.02. The van der Waals surface area contributed by atoms with Gasteiger partial charge in [0.25, 0.3) is 0 Å². The van der Waals surface area contributed by atoms with Gasteiger partial charge in [0.1, 0.15) is 0 Å². The first-order valence-corrected chi connectivity index (χ1v) is 6.76. The van der Waals surface area contributed by atoms with Gasteiger partial charge in [-0.15, -0.1) is 0 Å². The lowest BCUT2D eigenvalue weighted by Gasteiger charge is -2.44. The van der Waals surface area contributed by atoms with E-state index in [-0.39, 0.29) is 35.8 Å². The largest absolute Gasteiger partial charge is 0.330 e. The Hall–Kier alpha value is -0.820. The van der Waals surface area contributed by atoms with Crippen LogP contribution in [0, 0.1) is 5.41 Å². The first-order chi connectivity index (χ1) is 9.42. The fourth-order valence-corrected chi connectivity index (χ4v) is 3.06. The van der Waals surface area contributed by atoms with Crippen molar-refractivity contribution in [3.8, 4) is 0 Å². The molecule has 0 aromatic heterocycles. The average Bonchev–Trinajstić information content (AvgIpc) is 2.47. The van der Waals surface area contributed by atoms with Crippen LogP contribution in [0.1, 0.15) is 69.8 Å². The van der Waals surface area contributed by atoms with Crippen LogP contribution >= 0.6 is 0 Å². The van der Waals surface area contributed by atoms with Crippen LogP contribution in [0.2, 0.25) is 0 Å². The van der Waals surface area contributed by atoms with Crippen molar-refractivity contribution < 1.29 is 4.11 Å². The number of hydrogen-bond donors (Lipinski definition) is 1. The van der Waals surface area contributed by atoms with E-state index in [0.717, 1.165) is 11.1 Å². The topological polar surface area (TPSA) is 26.0 Å². The molecule has 2 rings (SSSR count). The van der Waals surface area contributed by atoms with Gasteiger partial charge in [-0.2, -0.15) is 0 Å². The van der Waals surface area contributed by atoms with E-state index in [0.29, 0.717) is 24.6 Å². The molecule has 19 heavy (non-hydrogen) atoms. The van der Waals surface area contributed by atoms with E-state index in [1.807, 2.05) is 0 Å². The second-order valence-corrected chi connectivity index (χ2v) is 7.02. The Morgan fingerprint density at radius 3 is 2.05 bits per heavy atom. The molecule has 1 aliphatic carbocycles. The minimum atomic E-state index is -0.240. The van der Waals surface area contributed by atoms with Crippen LogP contribution < -0.4 is 5.73 Å². The summed E-state index contributed by atoms with van der Waals surface area (Å²) in [6, 6.07) is 0.902. The molecule has 0 atom stereocenters. The van der Waals surface area contributed by atoms with E-state index in [1.54, 1.807) is 0 Å². The number of nitrogens with two attached hydrogens (primary N) is 1. The number of hydrogen-bond acceptors (Lipinski definition) is 1. The van der Waals surface area contributed by atoms with Crippen molar-refractivity contribution in [3.05, 3.63) is 34.8 Å². The van der Waals surface area contributed by atoms with Gasteiger partial charge < -0.3 is 5.73 Å². The quantitative estimate of drug-likeness (QED) is 0.841. The molecule has 0 unspecified atom stereocenters.